The number of rotatable bonds is 6. The molecule has 4 rings (SSSR count). The topological polar surface area (TPSA) is 93.8 Å². The molecule has 1 aliphatic rings. The molecule has 0 aliphatic carbocycles. The van der Waals surface area contributed by atoms with Gasteiger partial charge in [-0.15, -0.1) is 0 Å². The maximum absolute atomic E-state index is 13.3. The van der Waals surface area contributed by atoms with Crippen molar-refractivity contribution in [1.29, 1.82) is 0 Å². The number of amides is 2. The Morgan fingerprint density at radius 3 is 2.67 bits per heavy atom. The van der Waals surface area contributed by atoms with E-state index in [1.165, 1.54) is 4.57 Å². The molecular formula is C25H29N3O5. The summed E-state index contributed by atoms with van der Waals surface area (Å²) in [4.78, 5) is 39.9. The van der Waals surface area contributed by atoms with Crippen LogP contribution in [0.1, 0.15) is 34.1 Å². The van der Waals surface area contributed by atoms with Crippen molar-refractivity contribution in [3.63, 3.8) is 0 Å². The van der Waals surface area contributed by atoms with Gasteiger partial charge in [0, 0.05) is 12.2 Å². The van der Waals surface area contributed by atoms with Crippen molar-refractivity contribution in [1.82, 2.24) is 4.57 Å². The number of carbonyl (C=O) groups is 2. The highest BCUT2D eigenvalue weighted by Crippen LogP contribution is 2.38. The number of hydrogen-bond donors (Lipinski definition) is 1. The van der Waals surface area contributed by atoms with Gasteiger partial charge in [0.05, 0.1) is 16.6 Å². The first kappa shape index (κ1) is 22.6. The third-order valence-corrected chi connectivity index (χ3v) is 5.75. The average Bonchev–Trinajstić information content (AvgIpc) is 3.03. The van der Waals surface area contributed by atoms with Gasteiger partial charge in [0.25, 0.3) is 0 Å². The van der Waals surface area contributed by atoms with Crippen LogP contribution in [0.4, 0.5) is 11.4 Å². The van der Waals surface area contributed by atoms with E-state index < -0.39 is 11.2 Å². The molecule has 1 aromatic heterocycles. The van der Waals surface area contributed by atoms with Crippen molar-refractivity contribution in [2.45, 2.75) is 40.7 Å². The van der Waals surface area contributed by atoms with E-state index in [0.717, 1.165) is 6.42 Å². The van der Waals surface area contributed by atoms with Crippen molar-refractivity contribution < 1.29 is 18.7 Å². The van der Waals surface area contributed by atoms with E-state index in [-0.39, 0.29) is 25.0 Å². The number of benzene rings is 2. The van der Waals surface area contributed by atoms with E-state index in [1.54, 1.807) is 47.4 Å². The molecule has 0 bridgehead atoms. The second kappa shape index (κ2) is 8.77. The summed E-state index contributed by atoms with van der Waals surface area (Å²) >= 11 is 0. The molecule has 8 nitrogen and oxygen atoms in total. The second-order valence-corrected chi connectivity index (χ2v) is 9.46. The maximum Gasteiger partial charge on any atom is 0.420 e. The highest BCUT2D eigenvalue weighted by Gasteiger charge is 2.37. The van der Waals surface area contributed by atoms with Gasteiger partial charge in [-0.1, -0.05) is 26.0 Å². The molecule has 3 aromatic rings. The summed E-state index contributed by atoms with van der Waals surface area (Å²) in [6.07, 6.45) is 0.842. The Morgan fingerprint density at radius 1 is 1.15 bits per heavy atom. The Kier molecular flexibility index (Phi) is 6.01. The fourth-order valence-electron chi connectivity index (χ4n) is 3.84. The molecule has 33 heavy (non-hydrogen) atoms. The van der Waals surface area contributed by atoms with Crippen LogP contribution in [0, 0.1) is 11.3 Å². The van der Waals surface area contributed by atoms with Gasteiger partial charge in [0.2, 0.25) is 11.8 Å². The van der Waals surface area contributed by atoms with Crippen LogP contribution in [0.5, 0.6) is 5.75 Å². The van der Waals surface area contributed by atoms with Crippen molar-refractivity contribution in [3.05, 3.63) is 53.0 Å². The fraction of sp³-hybridized carbons (Fsp3) is 0.400. The van der Waals surface area contributed by atoms with Crippen molar-refractivity contribution in [2.24, 2.45) is 11.3 Å². The van der Waals surface area contributed by atoms with Crippen LogP contribution in [-0.2, 0) is 16.1 Å². The monoisotopic (exact) mass is 451 g/mol. The molecule has 0 saturated heterocycles. The van der Waals surface area contributed by atoms with E-state index in [0.29, 0.717) is 40.7 Å². The molecule has 2 amide bonds. The number of nitrogens with zero attached hydrogens (tertiary/aromatic N) is 2. The predicted octanol–water partition coefficient (Wildman–Crippen LogP) is 4.03. The highest BCUT2D eigenvalue weighted by atomic mass is 16.5. The number of nitrogens with one attached hydrogen (secondary N) is 1. The highest BCUT2D eigenvalue weighted by molar-refractivity contribution is 6.00. The van der Waals surface area contributed by atoms with Gasteiger partial charge in [0.15, 0.2) is 5.58 Å². The molecule has 0 fully saturated rings. The molecule has 0 spiro atoms. The quantitative estimate of drug-likeness (QED) is 0.611. The Balaban J connectivity index is 1.59. The smallest absolute Gasteiger partial charge is 0.420 e. The predicted molar refractivity (Wildman–Crippen MR) is 127 cm³/mol. The minimum Gasteiger partial charge on any atom is -0.490 e. The van der Waals surface area contributed by atoms with E-state index in [9.17, 15) is 14.4 Å². The van der Waals surface area contributed by atoms with Crippen LogP contribution in [0.3, 0.4) is 0 Å². The van der Waals surface area contributed by atoms with Crippen molar-refractivity contribution in [3.8, 4) is 5.75 Å². The lowest BCUT2D eigenvalue weighted by atomic mass is 9.92. The summed E-state index contributed by atoms with van der Waals surface area (Å²) < 4.78 is 12.4. The average molecular weight is 452 g/mol. The standard InChI is InChI=1S/C25H29N3O5/c1-16(2)11-12-27-19-13-17(9-10-20(19)32-15-25(3,4)23(27)30)26-22(29)14-28-18-7-5-6-8-21(18)33-24(28)31/h5-10,13,16H,11-12,14-15H2,1-4H3,(H,26,29). The molecule has 8 heteroatoms. The number of fused-ring (bicyclic) bond motifs is 2. The number of aromatic nitrogens is 1. The van der Waals surface area contributed by atoms with Crippen LogP contribution >= 0.6 is 0 Å². The number of hydrogen-bond acceptors (Lipinski definition) is 5. The third-order valence-electron chi connectivity index (χ3n) is 5.75. The molecule has 2 aromatic carbocycles. The summed E-state index contributed by atoms with van der Waals surface area (Å²) in [5, 5.41) is 2.83. The zero-order valence-corrected chi connectivity index (χ0v) is 19.4. The van der Waals surface area contributed by atoms with Gasteiger partial charge in [-0.25, -0.2) is 4.79 Å². The van der Waals surface area contributed by atoms with Crippen molar-refractivity contribution in [2.75, 3.05) is 23.4 Å². The minimum atomic E-state index is -0.664. The zero-order valence-electron chi connectivity index (χ0n) is 19.4. The lowest BCUT2D eigenvalue weighted by molar-refractivity contribution is -0.127. The van der Waals surface area contributed by atoms with E-state index in [4.69, 9.17) is 9.15 Å². The molecule has 174 valence electrons. The third kappa shape index (κ3) is 4.65. The normalized spacial score (nSPS) is 15.3. The molecule has 0 unspecified atom stereocenters. The lowest BCUT2D eigenvalue weighted by Gasteiger charge is -2.28. The second-order valence-electron chi connectivity index (χ2n) is 9.46. The molecule has 0 radical (unpaired) electrons. The van der Waals surface area contributed by atoms with E-state index in [2.05, 4.69) is 19.2 Å². The molecule has 2 heterocycles. The number of para-hydroxylation sites is 2. The van der Waals surface area contributed by atoms with E-state index >= 15 is 0 Å². The number of ether oxygens (including phenoxy) is 1. The molecule has 1 N–H and O–H groups in total. The first-order valence-corrected chi connectivity index (χ1v) is 11.1. The van der Waals surface area contributed by atoms with E-state index in [1.807, 2.05) is 13.8 Å². The van der Waals surface area contributed by atoms with Crippen LogP contribution in [0.2, 0.25) is 0 Å². The van der Waals surface area contributed by atoms with Gasteiger partial charge >= 0.3 is 5.76 Å². The first-order chi connectivity index (χ1) is 15.7. The Bertz CT molecular complexity index is 1250. The summed E-state index contributed by atoms with van der Waals surface area (Å²) in [6, 6.07) is 12.2. The fourth-order valence-corrected chi connectivity index (χ4v) is 3.84. The zero-order chi connectivity index (χ0) is 23.8. The molecule has 0 atom stereocenters. The maximum atomic E-state index is 13.3. The van der Waals surface area contributed by atoms with Gasteiger partial charge in [-0.2, -0.15) is 0 Å². The summed E-state index contributed by atoms with van der Waals surface area (Å²) in [7, 11) is 0. The number of anilines is 2. The molecular weight excluding hydrogens is 422 g/mol. The Morgan fingerprint density at radius 2 is 1.91 bits per heavy atom. The number of oxazole rings is 1. The van der Waals surface area contributed by atoms with Crippen LogP contribution in [0.25, 0.3) is 11.1 Å². The Labute approximate surface area is 192 Å². The summed E-state index contributed by atoms with van der Waals surface area (Å²) in [5.74, 6) is 0.0573. The van der Waals surface area contributed by atoms with Crippen molar-refractivity contribution >= 4 is 34.3 Å². The van der Waals surface area contributed by atoms with Gasteiger partial charge in [-0.05, 0) is 56.5 Å². The Hall–Kier alpha value is -3.55. The minimum absolute atomic E-state index is 0.0122. The van der Waals surface area contributed by atoms with Crippen LogP contribution < -0.4 is 20.7 Å². The van der Waals surface area contributed by atoms with Crippen LogP contribution in [-0.4, -0.2) is 29.5 Å². The largest absolute Gasteiger partial charge is 0.490 e. The van der Waals surface area contributed by atoms with Gasteiger partial charge in [-0.3, -0.25) is 14.2 Å². The number of carbonyl (C=O) groups excluding carboxylic acids is 2. The summed E-state index contributed by atoms with van der Waals surface area (Å²) in [5.41, 5.74) is 1.48. The first-order valence-electron chi connectivity index (χ1n) is 11.1. The summed E-state index contributed by atoms with van der Waals surface area (Å²) in [6.45, 7) is 8.63. The van der Waals surface area contributed by atoms with Crippen LogP contribution in [0.15, 0.2) is 51.7 Å². The van der Waals surface area contributed by atoms with Gasteiger partial charge in [0.1, 0.15) is 18.9 Å². The SMILES string of the molecule is CC(C)CCN1C(=O)C(C)(C)COc2ccc(NC(=O)Cn3c(=O)oc4ccccc43)cc21. The lowest BCUT2D eigenvalue weighted by Crippen LogP contribution is -2.42. The molecule has 0 saturated carbocycles. The van der Waals surface area contributed by atoms with Gasteiger partial charge < -0.3 is 19.4 Å². The molecule has 1 aliphatic heterocycles.